The summed E-state index contributed by atoms with van der Waals surface area (Å²) < 4.78 is 5.76. The van der Waals surface area contributed by atoms with Crippen LogP contribution < -0.4 is 21.5 Å². The van der Waals surface area contributed by atoms with E-state index in [-0.39, 0.29) is 11.7 Å². The molecule has 1 aliphatic rings. The van der Waals surface area contributed by atoms with Gasteiger partial charge in [0.2, 0.25) is 0 Å². The molecule has 7 heteroatoms. The van der Waals surface area contributed by atoms with E-state index in [1.807, 2.05) is 24.3 Å². The molecule has 1 saturated heterocycles. The molecule has 2 aromatic rings. The molecule has 0 bridgehead atoms. The zero-order valence-electron chi connectivity index (χ0n) is 17.4. The second-order valence-corrected chi connectivity index (χ2v) is 7.76. The first-order valence-electron chi connectivity index (χ1n) is 10.5. The van der Waals surface area contributed by atoms with Crippen LogP contribution in [-0.2, 0) is 6.54 Å². The number of nitrogen functional groups attached to an aromatic ring is 2. The Bertz CT molecular complexity index is 826. The minimum Gasteiger partial charge on any atom is -0.494 e. The molecule has 0 saturated carbocycles. The number of amidine groups is 2. The maximum Gasteiger partial charge on any atom is 0.122 e. The van der Waals surface area contributed by atoms with Crippen LogP contribution in [0.3, 0.4) is 0 Å². The lowest BCUT2D eigenvalue weighted by molar-refractivity contribution is 0.189. The Labute approximate surface area is 178 Å². The average Bonchev–Trinajstić information content (AvgIpc) is 2.75. The molecule has 0 radical (unpaired) electrons. The average molecular weight is 409 g/mol. The van der Waals surface area contributed by atoms with Crippen LogP contribution in [0.4, 0.5) is 0 Å². The number of ether oxygens (including phenoxy) is 1. The predicted molar refractivity (Wildman–Crippen MR) is 121 cm³/mol. The highest BCUT2D eigenvalue weighted by Gasteiger charge is 2.18. The van der Waals surface area contributed by atoms with Gasteiger partial charge in [0.25, 0.3) is 0 Å². The smallest absolute Gasteiger partial charge is 0.122 e. The lowest BCUT2D eigenvalue weighted by Crippen LogP contribution is -2.42. The summed E-state index contributed by atoms with van der Waals surface area (Å²) >= 11 is 0. The molecule has 0 unspecified atom stereocenters. The molecule has 7 nitrogen and oxygen atoms in total. The number of nitrogens with one attached hydrogen (secondary N) is 3. The van der Waals surface area contributed by atoms with Crippen LogP contribution in [0.15, 0.2) is 48.5 Å². The quantitative estimate of drug-likeness (QED) is 0.234. The van der Waals surface area contributed by atoms with E-state index < -0.39 is 0 Å². The van der Waals surface area contributed by atoms with E-state index in [0.717, 1.165) is 56.8 Å². The van der Waals surface area contributed by atoms with Crippen molar-refractivity contribution in [2.45, 2.75) is 31.8 Å². The van der Waals surface area contributed by atoms with Crippen LogP contribution in [0.1, 0.15) is 36.0 Å². The first kappa shape index (κ1) is 21.8. The van der Waals surface area contributed by atoms with Crippen LogP contribution in [-0.4, -0.2) is 48.9 Å². The van der Waals surface area contributed by atoms with Gasteiger partial charge in [0, 0.05) is 23.7 Å². The molecule has 0 atom stereocenters. The second kappa shape index (κ2) is 10.8. The minimum absolute atomic E-state index is 0.0719. The summed E-state index contributed by atoms with van der Waals surface area (Å²) in [5, 5.41) is 18.5. The molecule has 0 aromatic heterocycles. The molecule has 1 fully saturated rings. The maximum atomic E-state index is 7.47. The van der Waals surface area contributed by atoms with Gasteiger partial charge in [0.05, 0.1) is 6.61 Å². The highest BCUT2D eigenvalue weighted by molar-refractivity contribution is 5.95. The molecule has 1 aliphatic heterocycles. The van der Waals surface area contributed by atoms with Gasteiger partial charge in [-0.3, -0.25) is 15.7 Å². The van der Waals surface area contributed by atoms with Crippen molar-refractivity contribution in [3.8, 4) is 5.75 Å². The topological polar surface area (TPSA) is 124 Å². The monoisotopic (exact) mass is 408 g/mol. The lowest BCUT2D eigenvalue weighted by atomic mass is 10.0. The van der Waals surface area contributed by atoms with Crippen molar-refractivity contribution in [1.29, 1.82) is 10.8 Å². The summed E-state index contributed by atoms with van der Waals surface area (Å²) in [4.78, 5) is 2.48. The van der Waals surface area contributed by atoms with Crippen molar-refractivity contribution >= 4 is 11.7 Å². The van der Waals surface area contributed by atoms with Crippen molar-refractivity contribution < 1.29 is 4.74 Å². The number of nitrogens with zero attached hydrogens (tertiary/aromatic N) is 1. The SMILES string of the molecule is N=C(N)c1ccc(CN2CCC(NCCCOc3ccc(C(=N)N)cc3)CC2)cc1. The Morgan fingerprint density at radius 3 is 2.07 bits per heavy atom. The summed E-state index contributed by atoms with van der Waals surface area (Å²) in [5.41, 5.74) is 13.7. The van der Waals surface area contributed by atoms with Crippen LogP contribution in [0.25, 0.3) is 0 Å². The molecule has 3 rings (SSSR count). The highest BCUT2D eigenvalue weighted by atomic mass is 16.5. The van der Waals surface area contributed by atoms with Gasteiger partial charge in [-0.2, -0.15) is 0 Å². The van der Waals surface area contributed by atoms with E-state index in [9.17, 15) is 0 Å². The van der Waals surface area contributed by atoms with Crippen LogP contribution in [0.5, 0.6) is 5.75 Å². The first-order valence-corrected chi connectivity index (χ1v) is 10.5. The number of hydrogen-bond donors (Lipinski definition) is 5. The summed E-state index contributed by atoms with van der Waals surface area (Å²) in [6.45, 7) is 4.74. The van der Waals surface area contributed by atoms with Gasteiger partial charge in [0.15, 0.2) is 0 Å². The van der Waals surface area contributed by atoms with Crippen LogP contribution in [0.2, 0.25) is 0 Å². The number of hydrogen-bond acceptors (Lipinski definition) is 5. The van der Waals surface area contributed by atoms with Gasteiger partial charge in [-0.1, -0.05) is 24.3 Å². The van der Waals surface area contributed by atoms with Gasteiger partial charge in [-0.25, -0.2) is 0 Å². The number of likely N-dealkylation sites (tertiary alicyclic amines) is 1. The summed E-state index contributed by atoms with van der Waals surface area (Å²) in [5.74, 6) is 0.997. The van der Waals surface area contributed by atoms with Gasteiger partial charge in [-0.05, 0) is 68.7 Å². The second-order valence-electron chi connectivity index (χ2n) is 7.76. The third-order valence-electron chi connectivity index (χ3n) is 5.45. The van der Waals surface area contributed by atoms with Crippen molar-refractivity contribution in [3.63, 3.8) is 0 Å². The van der Waals surface area contributed by atoms with Gasteiger partial charge in [-0.15, -0.1) is 0 Å². The zero-order valence-corrected chi connectivity index (χ0v) is 17.4. The molecule has 2 aromatic carbocycles. The normalized spacial score (nSPS) is 15.1. The molecule has 7 N–H and O–H groups in total. The van der Waals surface area contributed by atoms with Gasteiger partial charge < -0.3 is 21.5 Å². The molecule has 0 aliphatic carbocycles. The number of rotatable bonds is 10. The third kappa shape index (κ3) is 6.57. The number of nitrogens with two attached hydrogens (primary N) is 2. The van der Waals surface area contributed by atoms with Gasteiger partial charge >= 0.3 is 0 Å². The fourth-order valence-electron chi connectivity index (χ4n) is 3.64. The van der Waals surface area contributed by atoms with E-state index in [2.05, 4.69) is 22.3 Å². The molecular weight excluding hydrogens is 376 g/mol. The first-order chi connectivity index (χ1) is 14.5. The largest absolute Gasteiger partial charge is 0.494 e. The van der Waals surface area contributed by atoms with E-state index in [0.29, 0.717) is 18.2 Å². The minimum atomic E-state index is 0.0719. The molecule has 1 heterocycles. The van der Waals surface area contributed by atoms with E-state index >= 15 is 0 Å². The van der Waals surface area contributed by atoms with Gasteiger partial charge in [0.1, 0.15) is 17.4 Å². The zero-order chi connectivity index (χ0) is 21.3. The standard InChI is InChI=1S/C23H32N6O/c24-22(25)18-4-2-17(3-5-18)16-29-13-10-20(11-14-29)28-12-1-15-30-21-8-6-19(7-9-21)23(26)27/h2-9,20,28H,1,10-16H2,(H3,24,25)(H3,26,27). The Morgan fingerprint density at radius 1 is 0.933 bits per heavy atom. The van der Waals surface area contributed by atoms with Crippen LogP contribution in [0, 0.1) is 10.8 Å². The summed E-state index contributed by atoms with van der Waals surface area (Å²) in [6, 6.07) is 15.9. The van der Waals surface area contributed by atoms with Crippen molar-refractivity contribution in [2.75, 3.05) is 26.2 Å². The summed E-state index contributed by atoms with van der Waals surface area (Å²) in [6.07, 6.45) is 3.26. The Balaban J connectivity index is 1.28. The van der Waals surface area contributed by atoms with Crippen LogP contribution >= 0.6 is 0 Å². The maximum absolute atomic E-state index is 7.47. The molecule has 160 valence electrons. The molecule has 0 spiro atoms. The third-order valence-corrected chi connectivity index (χ3v) is 5.45. The molecule has 30 heavy (non-hydrogen) atoms. The number of piperidine rings is 1. The molecule has 0 amide bonds. The van der Waals surface area contributed by atoms with E-state index in [1.165, 1.54) is 5.56 Å². The summed E-state index contributed by atoms with van der Waals surface area (Å²) in [7, 11) is 0. The van der Waals surface area contributed by atoms with Crippen molar-refractivity contribution in [3.05, 3.63) is 65.2 Å². The fourth-order valence-corrected chi connectivity index (χ4v) is 3.64. The molecular formula is C23H32N6O. The van der Waals surface area contributed by atoms with Crippen molar-refractivity contribution in [1.82, 2.24) is 10.2 Å². The Kier molecular flexibility index (Phi) is 7.82. The Morgan fingerprint density at radius 2 is 1.50 bits per heavy atom. The van der Waals surface area contributed by atoms with E-state index in [4.69, 9.17) is 27.0 Å². The van der Waals surface area contributed by atoms with Crippen molar-refractivity contribution in [2.24, 2.45) is 11.5 Å². The fraction of sp³-hybridized carbons (Fsp3) is 0.391. The highest BCUT2D eigenvalue weighted by Crippen LogP contribution is 2.15. The van der Waals surface area contributed by atoms with E-state index in [1.54, 1.807) is 12.1 Å². The number of benzene rings is 2. The predicted octanol–water partition coefficient (Wildman–Crippen LogP) is 2.28. The Hall–Kier alpha value is -2.90. The lowest BCUT2D eigenvalue weighted by Gasteiger charge is -2.32.